The van der Waals surface area contributed by atoms with E-state index in [4.69, 9.17) is 14.7 Å². The second-order valence-corrected chi connectivity index (χ2v) is 15.2. The fourth-order valence-electron chi connectivity index (χ4n) is 7.29. The highest BCUT2D eigenvalue weighted by Gasteiger charge is 2.19. The molecule has 256 valence electrons. The van der Waals surface area contributed by atoms with E-state index in [9.17, 15) is 0 Å². The van der Waals surface area contributed by atoms with Crippen LogP contribution < -0.4 is 4.74 Å². The standard InChI is InChI=1S/C46H46N4O/c1-27(2)31-13-18-41-38(21-31)36-11-9-10-12-40(36)49(41)45-23-34(30(7)8)24-46(48-45)51-35-16-17-37-39-22-32(28(3)4)14-19-42(39)50(43(37)25-35)44-20-15-33(26-47-44)29(5)6/h9-30H,1-8H3. The van der Waals surface area contributed by atoms with Crippen molar-refractivity contribution in [1.82, 2.24) is 19.1 Å². The van der Waals surface area contributed by atoms with E-state index in [0.29, 0.717) is 23.6 Å². The Morgan fingerprint density at radius 1 is 0.451 bits per heavy atom. The Bertz CT molecular complexity index is 2570. The molecule has 0 saturated carbocycles. The molecule has 5 nitrogen and oxygen atoms in total. The monoisotopic (exact) mass is 670 g/mol. The van der Waals surface area contributed by atoms with Crippen molar-refractivity contribution in [2.24, 2.45) is 0 Å². The van der Waals surface area contributed by atoms with E-state index in [2.05, 4.69) is 168 Å². The summed E-state index contributed by atoms with van der Waals surface area (Å²) < 4.78 is 11.3. The van der Waals surface area contributed by atoms with Crippen molar-refractivity contribution in [3.8, 4) is 23.3 Å². The average molecular weight is 671 g/mol. The van der Waals surface area contributed by atoms with E-state index in [1.807, 2.05) is 6.20 Å². The molecule has 4 aromatic heterocycles. The zero-order valence-corrected chi connectivity index (χ0v) is 30.9. The molecule has 0 unspecified atom stereocenters. The first-order valence-corrected chi connectivity index (χ1v) is 18.3. The van der Waals surface area contributed by atoms with Crippen LogP contribution in [-0.4, -0.2) is 19.1 Å². The van der Waals surface area contributed by atoms with Gasteiger partial charge >= 0.3 is 0 Å². The van der Waals surface area contributed by atoms with Crippen LogP contribution in [0, 0.1) is 0 Å². The predicted octanol–water partition coefficient (Wildman–Crippen LogP) is 13.0. The fourth-order valence-corrected chi connectivity index (χ4v) is 7.29. The molecule has 5 heteroatoms. The Morgan fingerprint density at radius 2 is 1.02 bits per heavy atom. The van der Waals surface area contributed by atoms with Crippen molar-refractivity contribution in [3.63, 3.8) is 0 Å². The minimum absolute atomic E-state index is 0.287. The van der Waals surface area contributed by atoms with E-state index < -0.39 is 0 Å². The third kappa shape index (κ3) is 5.75. The topological polar surface area (TPSA) is 44.9 Å². The molecule has 0 bridgehead atoms. The van der Waals surface area contributed by atoms with Gasteiger partial charge < -0.3 is 4.74 Å². The summed E-state index contributed by atoms with van der Waals surface area (Å²) in [6.07, 6.45) is 2.00. The Labute approximate surface area is 300 Å². The van der Waals surface area contributed by atoms with E-state index >= 15 is 0 Å². The van der Waals surface area contributed by atoms with Crippen molar-refractivity contribution in [3.05, 3.63) is 132 Å². The van der Waals surface area contributed by atoms with Gasteiger partial charge in [0.1, 0.15) is 17.4 Å². The number of hydrogen-bond donors (Lipinski definition) is 0. The van der Waals surface area contributed by atoms with Gasteiger partial charge in [0.25, 0.3) is 0 Å². The molecule has 0 saturated heterocycles. The number of nitrogens with zero attached hydrogens (tertiary/aromatic N) is 4. The second-order valence-electron chi connectivity index (χ2n) is 15.2. The minimum Gasteiger partial charge on any atom is -0.439 e. The molecule has 8 rings (SSSR count). The van der Waals surface area contributed by atoms with Gasteiger partial charge in [0.2, 0.25) is 5.88 Å². The van der Waals surface area contributed by atoms with Gasteiger partial charge in [0.15, 0.2) is 0 Å². The lowest BCUT2D eigenvalue weighted by molar-refractivity contribution is 0.461. The van der Waals surface area contributed by atoms with Gasteiger partial charge in [-0.05, 0) is 101 Å². The number of benzene rings is 4. The molecular weight excluding hydrogens is 625 g/mol. The predicted molar refractivity (Wildman–Crippen MR) is 214 cm³/mol. The SMILES string of the molecule is CC(C)c1ccc(-n2c3ccc(C(C)C)cc3c3ccc(Oc4cc(C(C)C)cc(-n5c6ccccc6c6cc(C(C)C)ccc65)n4)cc32)nc1. The summed E-state index contributed by atoms with van der Waals surface area (Å²) in [5.74, 6) is 4.63. The zero-order valence-electron chi connectivity index (χ0n) is 30.9. The summed E-state index contributed by atoms with van der Waals surface area (Å²) >= 11 is 0. The molecule has 0 spiro atoms. The lowest BCUT2D eigenvalue weighted by Crippen LogP contribution is -2.02. The Balaban J connectivity index is 1.28. The van der Waals surface area contributed by atoms with E-state index in [0.717, 1.165) is 39.5 Å². The average Bonchev–Trinajstić information content (AvgIpc) is 3.63. The molecule has 8 aromatic rings. The summed E-state index contributed by atoms with van der Waals surface area (Å²) in [5.41, 5.74) is 9.50. The quantitative estimate of drug-likeness (QED) is 0.162. The van der Waals surface area contributed by atoms with Crippen molar-refractivity contribution < 1.29 is 4.74 Å². The molecule has 0 aliphatic heterocycles. The molecule has 51 heavy (non-hydrogen) atoms. The third-order valence-corrected chi connectivity index (χ3v) is 10.4. The first-order chi connectivity index (χ1) is 24.6. The molecule has 0 fully saturated rings. The normalized spacial score (nSPS) is 12.2. The van der Waals surface area contributed by atoms with Crippen LogP contribution in [0.15, 0.2) is 109 Å². The number of hydrogen-bond acceptors (Lipinski definition) is 3. The van der Waals surface area contributed by atoms with Gasteiger partial charge in [0, 0.05) is 39.9 Å². The molecule has 0 aliphatic rings. The number of pyridine rings is 2. The zero-order chi connectivity index (χ0) is 35.6. The summed E-state index contributed by atoms with van der Waals surface area (Å²) in [4.78, 5) is 10.2. The fraction of sp³-hybridized carbons (Fsp3) is 0.261. The number of rotatable bonds is 8. The highest BCUT2D eigenvalue weighted by molar-refractivity contribution is 6.10. The van der Waals surface area contributed by atoms with Crippen LogP contribution in [0.1, 0.15) is 101 Å². The highest BCUT2D eigenvalue weighted by Crippen LogP contribution is 2.38. The summed E-state index contributed by atoms with van der Waals surface area (Å²) in [6, 6.07) is 37.3. The van der Waals surface area contributed by atoms with Crippen LogP contribution in [0.2, 0.25) is 0 Å². The minimum atomic E-state index is 0.287. The van der Waals surface area contributed by atoms with Crippen LogP contribution in [-0.2, 0) is 0 Å². The van der Waals surface area contributed by atoms with Gasteiger partial charge in [-0.3, -0.25) is 9.13 Å². The Hall–Kier alpha value is -5.42. The first-order valence-electron chi connectivity index (χ1n) is 18.3. The van der Waals surface area contributed by atoms with Crippen molar-refractivity contribution >= 4 is 43.6 Å². The van der Waals surface area contributed by atoms with Crippen LogP contribution in [0.3, 0.4) is 0 Å². The van der Waals surface area contributed by atoms with Gasteiger partial charge in [-0.2, -0.15) is 4.98 Å². The van der Waals surface area contributed by atoms with E-state index in [1.54, 1.807) is 0 Å². The smallest absolute Gasteiger partial charge is 0.221 e. The van der Waals surface area contributed by atoms with Gasteiger partial charge in [0.05, 0.1) is 22.1 Å². The van der Waals surface area contributed by atoms with E-state index in [-0.39, 0.29) is 5.92 Å². The van der Waals surface area contributed by atoms with Gasteiger partial charge in [-0.15, -0.1) is 0 Å². The number of fused-ring (bicyclic) bond motifs is 6. The van der Waals surface area contributed by atoms with Crippen LogP contribution >= 0.6 is 0 Å². The van der Waals surface area contributed by atoms with Crippen molar-refractivity contribution in [2.45, 2.75) is 79.1 Å². The maximum Gasteiger partial charge on any atom is 0.221 e. The first kappa shape index (κ1) is 32.8. The summed E-state index contributed by atoms with van der Waals surface area (Å²) in [5, 5.41) is 4.85. The van der Waals surface area contributed by atoms with Crippen LogP contribution in [0.4, 0.5) is 0 Å². The molecular formula is C46H46N4O. The number of ether oxygens (including phenoxy) is 1. The molecule has 4 aromatic carbocycles. The second kappa shape index (κ2) is 12.7. The molecule has 0 atom stereocenters. The molecule has 0 N–H and O–H groups in total. The lowest BCUT2D eigenvalue weighted by Gasteiger charge is -2.15. The Morgan fingerprint density at radius 3 is 1.63 bits per heavy atom. The Kier molecular flexibility index (Phi) is 8.17. The van der Waals surface area contributed by atoms with Crippen molar-refractivity contribution in [2.75, 3.05) is 0 Å². The van der Waals surface area contributed by atoms with Gasteiger partial charge in [-0.1, -0.05) is 91.8 Å². The molecule has 0 amide bonds. The molecule has 0 radical (unpaired) electrons. The molecule has 0 aliphatic carbocycles. The highest BCUT2D eigenvalue weighted by atomic mass is 16.5. The van der Waals surface area contributed by atoms with Crippen LogP contribution in [0.25, 0.3) is 55.2 Å². The van der Waals surface area contributed by atoms with Gasteiger partial charge in [-0.25, -0.2) is 4.98 Å². The van der Waals surface area contributed by atoms with Crippen molar-refractivity contribution in [1.29, 1.82) is 0 Å². The summed E-state index contributed by atoms with van der Waals surface area (Å²) in [6.45, 7) is 17.8. The number of para-hydroxylation sites is 1. The number of aromatic nitrogens is 4. The van der Waals surface area contributed by atoms with E-state index in [1.165, 1.54) is 43.8 Å². The maximum absolute atomic E-state index is 6.73. The van der Waals surface area contributed by atoms with Crippen LogP contribution in [0.5, 0.6) is 11.6 Å². The lowest BCUT2D eigenvalue weighted by atomic mass is 10.0. The molecule has 4 heterocycles. The maximum atomic E-state index is 6.73. The largest absolute Gasteiger partial charge is 0.439 e. The summed E-state index contributed by atoms with van der Waals surface area (Å²) in [7, 11) is 0. The third-order valence-electron chi connectivity index (χ3n) is 10.4.